The molecule has 0 fully saturated rings. The van der Waals surface area contributed by atoms with Crippen LogP contribution in [0, 0.1) is 5.82 Å². The van der Waals surface area contributed by atoms with Crippen molar-refractivity contribution in [2.75, 3.05) is 18.5 Å². The van der Waals surface area contributed by atoms with E-state index in [0.29, 0.717) is 0 Å². The Morgan fingerprint density at radius 2 is 1.94 bits per heavy atom. The Balaban J connectivity index is 2.10. The van der Waals surface area contributed by atoms with Crippen LogP contribution in [0.15, 0.2) is 30.3 Å². The van der Waals surface area contributed by atoms with Crippen LogP contribution in [0.3, 0.4) is 0 Å². The van der Waals surface area contributed by atoms with Crippen molar-refractivity contribution in [3.05, 3.63) is 53.0 Å². The highest BCUT2D eigenvalue weighted by atomic mass is 19.1. The quantitative estimate of drug-likeness (QED) is 0.572. The van der Waals surface area contributed by atoms with Gasteiger partial charge in [0.15, 0.2) is 0 Å². The number of halogens is 1. The summed E-state index contributed by atoms with van der Waals surface area (Å²) in [6.45, 7) is 5.02. The summed E-state index contributed by atoms with van der Waals surface area (Å²) in [6.07, 6.45) is 2.55. The fourth-order valence-electron chi connectivity index (χ4n) is 4.20. The second kappa shape index (κ2) is 10.2. The number of carbonyl (C=O) groups is 1. The molecule has 1 aliphatic heterocycles. The van der Waals surface area contributed by atoms with Crippen molar-refractivity contribution >= 4 is 17.9 Å². The van der Waals surface area contributed by atoms with Gasteiger partial charge in [-0.05, 0) is 42.0 Å². The molecule has 2 atom stereocenters. The van der Waals surface area contributed by atoms with Gasteiger partial charge in [0, 0.05) is 31.1 Å². The summed E-state index contributed by atoms with van der Waals surface area (Å²) in [6, 6.07) is 6.39. The number of benzene rings is 1. The van der Waals surface area contributed by atoms with Crippen molar-refractivity contribution in [3.63, 3.8) is 0 Å². The van der Waals surface area contributed by atoms with E-state index in [1.54, 1.807) is 24.3 Å². The molecule has 6 nitrogen and oxygen atoms in total. The van der Waals surface area contributed by atoms with E-state index in [-0.39, 0.29) is 18.2 Å². The number of nitrogens with zero attached hydrogens (tertiary/aromatic N) is 2. The SMILES string of the molecule is CC(C)c1nc2c(c(-c3ccc(F)cc3)c1/C=C/[C@@H](O)C[C@@H](O)CC(=O)O)CCCN2C. The predicted molar refractivity (Wildman–Crippen MR) is 123 cm³/mol. The first kappa shape index (κ1) is 23.9. The van der Waals surface area contributed by atoms with E-state index in [0.717, 1.165) is 53.2 Å². The lowest BCUT2D eigenvalue weighted by Gasteiger charge is -2.31. The number of fused-ring (bicyclic) bond motifs is 1. The summed E-state index contributed by atoms with van der Waals surface area (Å²) < 4.78 is 13.6. The van der Waals surface area contributed by atoms with Gasteiger partial charge in [-0.1, -0.05) is 38.1 Å². The molecule has 0 saturated heterocycles. The number of hydrogen-bond donors (Lipinski definition) is 3. The Hall–Kier alpha value is -2.77. The van der Waals surface area contributed by atoms with Crippen LogP contribution >= 0.6 is 0 Å². The lowest BCUT2D eigenvalue weighted by molar-refractivity contribution is -0.139. The Bertz CT molecular complexity index is 988. The number of aromatic nitrogens is 1. The molecule has 32 heavy (non-hydrogen) atoms. The lowest BCUT2D eigenvalue weighted by Crippen LogP contribution is -2.27. The monoisotopic (exact) mass is 442 g/mol. The van der Waals surface area contributed by atoms with Gasteiger partial charge in [0.05, 0.1) is 24.3 Å². The van der Waals surface area contributed by atoms with Gasteiger partial charge in [-0.25, -0.2) is 9.37 Å². The standard InChI is InChI=1S/C25H31FN2O4/c1-15(2)24-20(11-10-18(29)13-19(30)14-22(31)32)23(16-6-8-17(26)9-7-16)21-5-4-12-28(3)25(21)27-24/h6-11,15,18-19,29-30H,4-5,12-14H2,1-3H3,(H,31,32)/b11-10+/t18-,19-/m1/s1. The number of carboxylic acids is 1. The van der Waals surface area contributed by atoms with Crippen LogP contribution in [0.5, 0.6) is 0 Å². The number of aliphatic hydroxyl groups is 2. The van der Waals surface area contributed by atoms with E-state index in [4.69, 9.17) is 10.1 Å². The summed E-state index contributed by atoms with van der Waals surface area (Å²) in [5, 5.41) is 29.1. The molecule has 1 aromatic carbocycles. The molecule has 172 valence electrons. The molecule has 0 spiro atoms. The van der Waals surface area contributed by atoms with Gasteiger partial charge in [-0.15, -0.1) is 0 Å². The average Bonchev–Trinajstić information content (AvgIpc) is 2.71. The topological polar surface area (TPSA) is 93.9 Å². The molecule has 0 radical (unpaired) electrons. The number of aliphatic hydroxyl groups excluding tert-OH is 2. The smallest absolute Gasteiger partial charge is 0.305 e. The van der Waals surface area contributed by atoms with Crippen LogP contribution < -0.4 is 4.90 Å². The number of rotatable bonds is 8. The van der Waals surface area contributed by atoms with Gasteiger partial charge in [0.2, 0.25) is 0 Å². The summed E-state index contributed by atoms with van der Waals surface area (Å²) in [5.74, 6) is -0.395. The number of pyridine rings is 1. The molecule has 1 aliphatic rings. The second-order valence-electron chi connectivity index (χ2n) is 8.69. The van der Waals surface area contributed by atoms with Crippen molar-refractivity contribution in [3.8, 4) is 11.1 Å². The van der Waals surface area contributed by atoms with Crippen LogP contribution in [-0.4, -0.2) is 52.1 Å². The van der Waals surface area contributed by atoms with Crippen LogP contribution in [0.25, 0.3) is 17.2 Å². The zero-order chi connectivity index (χ0) is 23.4. The molecular formula is C25H31FN2O4. The van der Waals surface area contributed by atoms with Crippen LogP contribution in [0.2, 0.25) is 0 Å². The fraction of sp³-hybridized carbons (Fsp3) is 0.440. The molecule has 1 aromatic heterocycles. The zero-order valence-corrected chi connectivity index (χ0v) is 18.8. The zero-order valence-electron chi connectivity index (χ0n) is 18.8. The molecule has 2 heterocycles. The van der Waals surface area contributed by atoms with Crippen molar-refractivity contribution in [1.82, 2.24) is 4.98 Å². The van der Waals surface area contributed by atoms with Gasteiger partial charge in [-0.3, -0.25) is 4.79 Å². The van der Waals surface area contributed by atoms with E-state index in [2.05, 4.69) is 18.7 Å². The van der Waals surface area contributed by atoms with Crippen molar-refractivity contribution < 1.29 is 24.5 Å². The lowest BCUT2D eigenvalue weighted by atomic mass is 9.87. The Labute approximate surface area is 188 Å². The average molecular weight is 443 g/mol. The highest BCUT2D eigenvalue weighted by molar-refractivity contribution is 5.83. The molecule has 7 heteroatoms. The Kier molecular flexibility index (Phi) is 7.64. The van der Waals surface area contributed by atoms with E-state index in [9.17, 15) is 19.4 Å². The van der Waals surface area contributed by atoms with Crippen molar-refractivity contribution in [2.45, 2.75) is 57.7 Å². The first-order chi connectivity index (χ1) is 15.2. The third-order valence-corrected chi connectivity index (χ3v) is 5.71. The molecular weight excluding hydrogens is 411 g/mol. The minimum atomic E-state index is -1.14. The van der Waals surface area contributed by atoms with E-state index < -0.39 is 24.6 Å². The van der Waals surface area contributed by atoms with E-state index >= 15 is 0 Å². The minimum Gasteiger partial charge on any atom is -0.481 e. The highest BCUT2D eigenvalue weighted by Crippen LogP contribution is 2.40. The van der Waals surface area contributed by atoms with Crippen molar-refractivity contribution in [2.24, 2.45) is 0 Å². The first-order valence-corrected chi connectivity index (χ1v) is 11.0. The third kappa shape index (κ3) is 5.53. The number of anilines is 1. The third-order valence-electron chi connectivity index (χ3n) is 5.71. The van der Waals surface area contributed by atoms with Gasteiger partial charge in [-0.2, -0.15) is 0 Å². The predicted octanol–water partition coefficient (Wildman–Crippen LogP) is 3.99. The van der Waals surface area contributed by atoms with Crippen molar-refractivity contribution in [1.29, 1.82) is 0 Å². The summed E-state index contributed by atoms with van der Waals surface area (Å²) in [7, 11) is 2.02. The highest BCUT2D eigenvalue weighted by Gasteiger charge is 2.25. The molecule has 2 aromatic rings. The van der Waals surface area contributed by atoms with Gasteiger partial charge in [0.25, 0.3) is 0 Å². The molecule has 3 rings (SSSR count). The summed E-state index contributed by atoms with van der Waals surface area (Å²) in [5.41, 5.74) is 4.66. The van der Waals surface area contributed by atoms with E-state index in [1.807, 2.05) is 7.05 Å². The maximum Gasteiger partial charge on any atom is 0.305 e. The first-order valence-electron chi connectivity index (χ1n) is 11.0. The summed E-state index contributed by atoms with van der Waals surface area (Å²) >= 11 is 0. The van der Waals surface area contributed by atoms with Gasteiger partial charge >= 0.3 is 5.97 Å². The largest absolute Gasteiger partial charge is 0.481 e. The second-order valence-corrected chi connectivity index (χ2v) is 8.69. The molecule has 3 N–H and O–H groups in total. The Morgan fingerprint density at radius 1 is 1.25 bits per heavy atom. The van der Waals surface area contributed by atoms with Gasteiger partial charge < -0.3 is 20.2 Å². The van der Waals surface area contributed by atoms with Gasteiger partial charge in [0.1, 0.15) is 11.6 Å². The molecule has 0 bridgehead atoms. The van der Waals surface area contributed by atoms with Crippen LogP contribution in [0.4, 0.5) is 10.2 Å². The Morgan fingerprint density at radius 3 is 2.56 bits per heavy atom. The number of aliphatic carboxylic acids is 1. The molecule has 0 amide bonds. The molecule has 0 aliphatic carbocycles. The number of hydrogen-bond acceptors (Lipinski definition) is 5. The van der Waals surface area contributed by atoms with Crippen LogP contribution in [0.1, 0.15) is 55.8 Å². The van der Waals surface area contributed by atoms with Crippen LogP contribution in [-0.2, 0) is 11.2 Å². The maximum atomic E-state index is 13.6. The fourth-order valence-corrected chi connectivity index (χ4v) is 4.20. The maximum absolute atomic E-state index is 13.6. The minimum absolute atomic E-state index is 0.0766. The molecule has 0 unspecified atom stereocenters. The number of carboxylic acid groups (broad SMARTS) is 1. The molecule has 0 saturated carbocycles. The van der Waals surface area contributed by atoms with E-state index in [1.165, 1.54) is 12.1 Å². The normalized spacial score (nSPS) is 15.8. The summed E-state index contributed by atoms with van der Waals surface area (Å²) in [4.78, 5) is 17.9.